The van der Waals surface area contributed by atoms with Crippen LogP contribution in [-0.2, 0) is 9.47 Å². The van der Waals surface area contributed by atoms with E-state index in [0.717, 1.165) is 6.07 Å². The number of aliphatic hydroxyl groups excluding tert-OH is 6. The predicted octanol–water partition coefficient (Wildman–Crippen LogP) is -1.10. The summed E-state index contributed by atoms with van der Waals surface area (Å²) in [5, 5.41) is 94.4. The van der Waals surface area contributed by atoms with Crippen LogP contribution in [0.4, 0.5) is 0 Å². The largest absolute Gasteiger partial charge is 0.507 e. The zero-order valence-corrected chi connectivity index (χ0v) is 22.2. The number of phenolic OH excluding ortho intramolecular Hbond substituents is 3. The van der Waals surface area contributed by atoms with Gasteiger partial charge in [0.1, 0.15) is 71.5 Å². The Morgan fingerprint density at radius 3 is 1.69 bits per heavy atom. The molecule has 0 saturated carbocycles. The molecule has 2 saturated heterocycles. The summed E-state index contributed by atoms with van der Waals surface area (Å²) in [6.45, 7) is -1.02. The summed E-state index contributed by atoms with van der Waals surface area (Å²) < 4.78 is 27.3. The van der Waals surface area contributed by atoms with Crippen LogP contribution >= 0.6 is 0 Å². The third kappa shape index (κ3) is 4.69. The highest BCUT2D eigenvalue weighted by atomic mass is 16.5. The Kier molecular flexibility index (Phi) is 7.95. The van der Waals surface area contributed by atoms with Crippen LogP contribution in [0.15, 0.2) is 27.4 Å². The van der Waals surface area contributed by atoms with E-state index in [0.29, 0.717) is 0 Å². The maximum atomic E-state index is 13.5. The van der Waals surface area contributed by atoms with Gasteiger partial charge < -0.3 is 69.3 Å². The van der Waals surface area contributed by atoms with Crippen molar-refractivity contribution in [3.63, 3.8) is 0 Å². The zero-order valence-electron chi connectivity index (χ0n) is 22.2. The van der Waals surface area contributed by atoms with Gasteiger partial charge in [-0.1, -0.05) is 0 Å². The van der Waals surface area contributed by atoms with Gasteiger partial charge in [0.2, 0.25) is 5.75 Å². The topological polar surface area (TPSA) is 249 Å². The van der Waals surface area contributed by atoms with Gasteiger partial charge in [-0.2, -0.15) is 0 Å². The lowest BCUT2D eigenvalue weighted by Gasteiger charge is -2.38. The molecular formula is C27H30O15. The Hall–Kier alpha value is -3.67. The van der Waals surface area contributed by atoms with Gasteiger partial charge in [0.15, 0.2) is 22.5 Å². The molecule has 2 aliphatic rings. The highest BCUT2D eigenvalue weighted by Crippen LogP contribution is 2.50. The number of benzene rings is 2. The lowest BCUT2D eigenvalue weighted by molar-refractivity contribution is -0.191. The second-order valence-corrected chi connectivity index (χ2v) is 10.0. The number of aliphatic hydroxyl groups is 6. The molecule has 2 fully saturated rings. The fourth-order valence-corrected chi connectivity index (χ4v) is 5.24. The van der Waals surface area contributed by atoms with Crippen molar-refractivity contribution in [2.45, 2.75) is 48.8 Å². The monoisotopic (exact) mass is 594 g/mol. The molecule has 3 heterocycles. The zero-order chi connectivity index (χ0) is 30.6. The lowest BCUT2D eigenvalue weighted by atomic mass is 9.87. The summed E-state index contributed by atoms with van der Waals surface area (Å²) in [4.78, 5) is 13.5. The maximum absolute atomic E-state index is 13.5. The van der Waals surface area contributed by atoms with Crippen molar-refractivity contribution in [1.82, 2.24) is 0 Å². The molecule has 9 N–H and O–H groups in total. The molecule has 0 amide bonds. The minimum atomic E-state index is -1.89. The van der Waals surface area contributed by atoms with Crippen LogP contribution in [0.5, 0.6) is 28.7 Å². The van der Waals surface area contributed by atoms with Gasteiger partial charge >= 0.3 is 0 Å². The summed E-state index contributed by atoms with van der Waals surface area (Å²) >= 11 is 0. The van der Waals surface area contributed by atoms with Crippen LogP contribution < -0.4 is 14.9 Å². The molecular weight excluding hydrogens is 564 g/mol. The van der Waals surface area contributed by atoms with Gasteiger partial charge in [-0.3, -0.25) is 4.79 Å². The SMILES string of the molecule is COc1cc(-c2cc(=O)c3c(O)c([C@@H]4OC[C@@H](O)[C@H](O)[C@H]4O)c(O)c([C@@H]4OC[C@@H](O)[C@H](O)[C@H]4O)c3o2)cc(OC)c1O. The number of hydrogen-bond acceptors (Lipinski definition) is 15. The highest BCUT2D eigenvalue weighted by Gasteiger charge is 2.46. The third-order valence-electron chi connectivity index (χ3n) is 7.53. The van der Waals surface area contributed by atoms with Crippen LogP contribution in [0.25, 0.3) is 22.3 Å². The van der Waals surface area contributed by atoms with Crippen molar-refractivity contribution < 1.29 is 69.3 Å². The quantitative estimate of drug-likeness (QED) is 0.170. The molecule has 5 rings (SSSR count). The van der Waals surface area contributed by atoms with Gasteiger partial charge in [0, 0.05) is 11.6 Å². The number of rotatable bonds is 5. The van der Waals surface area contributed by atoms with Crippen LogP contribution in [0.2, 0.25) is 0 Å². The molecule has 0 spiro atoms. The van der Waals surface area contributed by atoms with E-state index in [1.54, 1.807) is 0 Å². The minimum Gasteiger partial charge on any atom is -0.507 e. The summed E-state index contributed by atoms with van der Waals surface area (Å²) in [7, 11) is 2.56. The maximum Gasteiger partial charge on any atom is 0.200 e. The first-order valence-corrected chi connectivity index (χ1v) is 12.7. The van der Waals surface area contributed by atoms with Crippen molar-refractivity contribution in [3.8, 4) is 40.1 Å². The summed E-state index contributed by atoms with van der Waals surface area (Å²) in [6, 6.07) is 3.62. The van der Waals surface area contributed by atoms with Crippen molar-refractivity contribution in [1.29, 1.82) is 0 Å². The van der Waals surface area contributed by atoms with Gasteiger partial charge in [-0.05, 0) is 12.1 Å². The molecule has 3 aromatic rings. The summed E-state index contributed by atoms with van der Waals surface area (Å²) in [6.07, 6.45) is -13.6. The molecule has 8 atom stereocenters. The fraction of sp³-hybridized carbons (Fsp3) is 0.444. The number of ether oxygens (including phenoxy) is 4. The summed E-state index contributed by atoms with van der Waals surface area (Å²) in [5.41, 5.74) is -2.27. The van der Waals surface area contributed by atoms with E-state index < -0.39 is 101 Å². The second kappa shape index (κ2) is 11.2. The van der Waals surface area contributed by atoms with E-state index in [-0.39, 0.29) is 28.6 Å². The molecule has 1 aromatic heterocycles. The molecule has 0 aliphatic carbocycles. The van der Waals surface area contributed by atoms with Crippen LogP contribution in [-0.4, -0.2) is 110 Å². The Bertz CT molecular complexity index is 1530. The molecule has 0 bridgehead atoms. The van der Waals surface area contributed by atoms with Crippen molar-refractivity contribution in [3.05, 3.63) is 39.5 Å². The molecule has 2 aliphatic heterocycles. The average Bonchev–Trinajstić information content (AvgIpc) is 2.96. The fourth-order valence-electron chi connectivity index (χ4n) is 5.24. The highest BCUT2D eigenvalue weighted by molar-refractivity contribution is 5.92. The number of fused-ring (bicyclic) bond motifs is 1. The first-order chi connectivity index (χ1) is 19.9. The van der Waals surface area contributed by atoms with Crippen LogP contribution in [0.1, 0.15) is 23.3 Å². The predicted molar refractivity (Wildman–Crippen MR) is 139 cm³/mol. The van der Waals surface area contributed by atoms with E-state index in [1.807, 2.05) is 0 Å². The van der Waals surface area contributed by atoms with Crippen molar-refractivity contribution >= 4 is 11.0 Å². The third-order valence-corrected chi connectivity index (χ3v) is 7.53. The van der Waals surface area contributed by atoms with Gasteiger partial charge in [-0.15, -0.1) is 0 Å². The Balaban J connectivity index is 1.81. The molecule has 0 radical (unpaired) electrons. The number of aromatic hydroxyl groups is 3. The van der Waals surface area contributed by atoms with Gasteiger partial charge in [0.05, 0.1) is 38.6 Å². The lowest BCUT2D eigenvalue weighted by Crippen LogP contribution is -2.49. The molecule has 42 heavy (non-hydrogen) atoms. The molecule has 2 aromatic carbocycles. The van der Waals surface area contributed by atoms with Crippen LogP contribution in [0, 0.1) is 0 Å². The molecule has 15 heteroatoms. The van der Waals surface area contributed by atoms with Crippen LogP contribution in [0.3, 0.4) is 0 Å². The average molecular weight is 595 g/mol. The Labute approximate surface area is 236 Å². The number of methoxy groups -OCH3 is 2. The molecule has 228 valence electrons. The number of phenols is 3. The summed E-state index contributed by atoms with van der Waals surface area (Å²) in [5.74, 6) is -2.37. The standard InChI is InChI=1S/C27H30O15/c1-38-13-3-8(4-14(39-2)20(13)33)12-5-9(28)15-21(34)16(26-23(36)18(31)10(29)6-40-26)22(35)17(25(15)42-12)27-24(37)19(32)11(30)7-41-27/h3-5,10-11,18-19,23-24,26-27,29-37H,6-7H2,1-2H3/t10-,11-,18+,19+,23-,24-,26+,27+/m1/s1. The minimum absolute atomic E-state index is 0.0410. The molecule has 15 nitrogen and oxygen atoms in total. The van der Waals surface area contributed by atoms with Gasteiger partial charge in [-0.25, -0.2) is 0 Å². The number of hydrogen-bond donors (Lipinski definition) is 9. The van der Waals surface area contributed by atoms with Crippen molar-refractivity contribution in [2.24, 2.45) is 0 Å². The first-order valence-electron chi connectivity index (χ1n) is 12.7. The van der Waals surface area contributed by atoms with Crippen molar-refractivity contribution in [2.75, 3.05) is 27.4 Å². The smallest absolute Gasteiger partial charge is 0.200 e. The van der Waals surface area contributed by atoms with E-state index >= 15 is 0 Å². The second-order valence-electron chi connectivity index (χ2n) is 10.0. The van der Waals surface area contributed by atoms with E-state index in [2.05, 4.69) is 0 Å². The van der Waals surface area contributed by atoms with E-state index in [9.17, 15) is 50.8 Å². The van der Waals surface area contributed by atoms with E-state index in [1.165, 1.54) is 26.4 Å². The van der Waals surface area contributed by atoms with E-state index in [4.69, 9.17) is 23.4 Å². The molecule has 0 unspecified atom stereocenters. The Morgan fingerprint density at radius 2 is 1.19 bits per heavy atom. The Morgan fingerprint density at radius 1 is 0.690 bits per heavy atom. The first kappa shape index (κ1) is 29.8. The normalized spacial score (nSPS) is 29.9. The van der Waals surface area contributed by atoms with Gasteiger partial charge in [0.25, 0.3) is 0 Å².